The Hall–Kier alpha value is -2.44. The molecule has 0 amide bonds. The lowest BCUT2D eigenvalue weighted by molar-refractivity contribution is 0.472. The van der Waals surface area contributed by atoms with Gasteiger partial charge in [0.1, 0.15) is 5.58 Å². The lowest BCUT2D eigenvalue weighted by Gasteiger charge is -2.00. The second kappa shape index (κ2) is 3.80. The predicted molar refractivity (Wildman–Crippen MR) is 58.7 cm³/mol. The molecule has 0 saturated carbocycles. The molecule has 8 nitrogen and oxygen atoms in total. The third-order valence-electron chi connectivity index (χ3n) is 2.22. The summed E-state index contributed by atoms with van der Waals surface area (Å²) >= 11 is 0. The van der Waals surface area contributed by atoms with Gasteiger partial charge in [0.2, 0.25) is 11.1 Å². The number of nitrogens with zero attached hydrogens (tertiary/aromatic N) is 2. The molecule has 0 bridgehead atoms. The summed E-state index contributed by atoms with van der Waals surface area (Å²) < 4.78 is 35.4. The summed E-state index contributed by atoms with van der Waals surface area (Å²) in [6, 6.07) is 2.97. The van der Waals surface area contributed by atoms with E-state index in [2.05, 4.69) is 9.39 Å². The molecule has 0 aliphatic carbocycles. The zero-order valence-corrected chi connectivity index (χ0v) is 9.38. The molecule has 0 unspecified atom stereocenters. The first-order valence-electron chi connectivity index (χ1n) is 4.47. The summed E-state index contributed by atoms with van der Waals surface area (Å²) in [6.07, 6.45) is 0. The van der Waals surface area contributed by atoms with Gasteiger partial charge in [0.05, 0.1) is 10.3 Å². The van der Waals surface area contributed by atoms with Crippen LogP contribution in [0.4, 0.5) is 5.69 Å². The van der Waals surface area contributed by atoms with E-state index in [9.17, 15) is 18.3 Å². The Morgan fingerprint density at radius 2 is 2.00 bits per heavy atom. The van der Waals surface area contributed by atoms with Gasteiger partial charge in [-0.15, -0.1) is 0 Å². The zero-order chi connectivity index (χ0) is 13.5. The summed E-state index contributed by atoms with van der Waals surface area (Å²) in [7, 11) is -4.46. The summed E-state index contributed by atoms with van der Waals surface area (Å²) in [5.74, 6) is -0.741. The highest BCUT2D eigenvalue weighted by Gasteiger charge is 2.26. The molecule has 1 heterocycles. The van der Waals surface area contributed by atoms with Gasteiger partial charge in [-0.2, -0.15) is 8.42 Å². The molecule has 0 aliphatic rings. The largest absolute Gasteiger partial charge is 0.510 e. The van der Waals surface area contributed by atoms with Crippen molar-refractivity contribution in [2.45, 2.75) is 4.90 Å². The third kappa shape index (κ3) is 1.79. The van der Waals surface area contributed by atoms with Crippen LogP contribution in [-0.2, 0) is 10.1 Å². The zero-order valence-electron chi connectivity index (χ0n) is 8.56. The molecule has 9 heteroatoms. The second-order valence-electron chi connectivity index (χ2n) is 3.32. The number of fused-ring (bicyclic) bond motifs is 1. The number of diazo groups is 1. The van der Waals surface area contributed by atoms with Crippen LogP contribution in [0.3, 0.4) is 0 Å². The minimum atomic E-state index is -4.46. The lowest BCUT2D eigenvalue weighted by Crippen LogP contribution is -2.00. The molecule has 1 aromatic carbocycles. The van der Waals surface area contributed by atoms with E-state index in [1.807, 2.05) is 0 Å². The Bertz CT molecular complexity index is 846. The minimum absolute atomic E-state index is 0.114. The smallest absolute Gasteiger partial charge is 0.501 e. The van der Waals surface area contributed by atoms with E-state index >= 15 is 0 Å². The quantitative estimate of drug-likeness (QED) is 0.451. The standard InChI is InChI=1S/C9H4N2O6S/c10-11-7-8(12)5-3-4(18(14,15)16)1-2-6(5)17-9(7)13/h1-3H,(H-,12,13,14,15,16)/p+1. The molecule has 1 aromatic heterocycles. The van der Waals surface area contributed by atoms with E-state index in [-0.39, 0.29) is 11.0 Å². The van der Waals surface area contributed by atoms with Crippen molar-refractivity contribution >= 4 is 26.8 Å². The predicted octanol–water partition coefficient (Wildman–Crippen LogP) is 1.23. The monoisotopic (exact) mass is 269 g/mol. The van der Waals surface area contributed by atoms with Crippen LogP contribution >= 0.6 is 0 Å². The van der Waals surface area contributed by atoms with E-state index in [1.165, 1.54) is 0 Å². The van der Waals surface area contributed by atoms with Crippen LogP contribution in [0, 0.1) is 5.39 Å². The summed E-state index contributed by atoms with van der Waals surface area (Å²) in [4.78, 5) is 13.3. The first-order valence-corrected chi connectivity index (χ1v) is 5.91. The topological polar surface area (TPSA) is 133 Å². The Balaban J connectivity index is 2.95. The average Bonchev–Trinajstić information content (AvgIpc) is 2.27. The maximum atomic E-state index is 11.2. The molecule has 0 saturated heterocycles. The van der Waals surface area contributed by atoms with Crippen LogP contribution in [0.1, 0.15) is 0 Å². The van der Waals surface area contributed by atoms with Gasteiger partial charge in [-0.05, 0) is 18.2 Å². The molecule has 2 rings (SSSR count). The molecular formula is C9H5N2O6S+. The van der Waals surface area contributed by atoms with Crippen LogP contribution in [0.25, 0.3) is 15.9 Å². The maximum Gasteiger partial charge on any atom is 0.510 e. The van der Waals surface area contributed by atoms with Crippen LogP contribution in [0.5, 0.6) is 5.75 Å². The summed E-state index contributed by atoms with van der Waals surface area (Å²) in [5, 5.41) is 18.0. The SMILES string of the molecule is N#[N+]c1c(O)c2cc(S(=O)(=O)O)ccc2oc1=O. The van der Waals surface area contributed by atoms with Crippen LogP contribution < -0.4 is 5.63 Å². The molecule has 0 spiro atoms. The highest BCUT2D eigenvalue weighted by Crippen LogP contribution is 2.32. The first-order chi connectivity index (χ1) is 8.34. The van der Waals surface area contributed by atoms with Crippen molar-refractivity contribution in [1.82, 2.24) is 0 Å². The summed E-state index contributed by atoms with van der Waals surface area (Å²) in [6.45, 7) is 0. The van der Waals surface area contributed by atoms with Gasteiger partial charge < -0.3 is 9.52 Å². The van der Waals surface area contributed by atoms with E-state index in [0.717, 1.165) is 18.2 Å². The van der Waals surface area contributed by atoms with Crippen LogP contribution in [0.15, 0.2) is 32.3 Å². The molecular weight excluding hydrogens is 264 g/mol. The normalized spacial score (nSPS) is 11.3. The summed E-state index contributed by atoms with van der Waals surface area (Å²) in [5.41, 5.74) is -1.95. The number of benzene rings is 1. The van der Waals surface area contributed by atoms with Crippen molar-refractivity contribution in [3.8, 4) is 5.75 Å². The van der Waals surface area contributed by atoms with Crippen molar-refractivity contribution in [3.05, 3.63) is 33.6 Å². The molecule has 2 aromatic rings. The van der Waals surface area contributed by atoms with Crippen molar-refractivity contribution in [2.24, 2.45) is 0 Å². The Morgan fingerprint density at radius 3 is 2.56 bits per heavy atom. The molecule has 2 N–H and O–H groups in total. The maximum absolute atomic E-state index is 11.2. The number of hydrogen-bond acceptors (Lipinski definition) is 6. The van der Waals surface area contributed by atoms with Gasteiger partial charge in [-0.1, -0.05) is 0 Å². The molecule has 92 valence electrons. The van der Waals surface area contributed by atoms with Crippen molar-refractivity contribution < 1.29 is 22.5 Å². The first kappa shape index (κ1) is 12.0. The fourth-order valence-electron chi connectivity index (χ4n) is 1.40. The van der Waals surface area contributed by atoms with E-state index in [1.54, 1.807) is 0 Å². The average molecular weight is 269 g/mol. The van der Waals surface area contributed by atoms with Crippen LogP contribution in [0.2, 0.25) is 0 Å². The number of aromatic hydroxyl groups is 1. The molecule has 0 radical (unpaired) electrons. The fraction of sp³-hybridized carbons (Fsp3) is 0. The lowest BCUT2D eigenvalue weighted by atomic mass is 10.2. The van der Waals surface area contributed by atoms with Gasteiger partial charge >= 0.3 is 11.3 Å². The van der Waals surface area contributed by atoms with E-state index < -0.39 is 32.1 Å². The van der Waals surface area contributed by atoms with E-state index in [4.69, 9.17) is 9.95 Å². The highest BCUT2D eigenvalue weighted by molar-refractivity contribution is 7.85. The molecule has 0 fully saturated rings. The Labute approximate surface area is 99.5 Å². The van der Waals surface area contributed by atoms with Gasteiger partial charge in [0.25, 0.3) is 10.1 Å². The van der Waals surface area contributed by atoms with Crippen molar-refractivity contribution in [1.29, 1.82) is 5.39 Å². The highest BCUT2D eigenvalue weighted by atomic mass is 32.2. The van der Waals surface area contributed by atoms with Crippen molar-refractivity contribution in [3.63, 3.8) is 0 Å². The Kier molecular flexibility index (Phi) is 2.54. The Morgan fingerprint density at radius 1 is 1.33 bits per heavy atom. The van der Waals surface area contributed by atoms with Gasteiger partial charge in [-0.3, -0.25) is 4.55 Å². The second-order valence-corrected chi connectivity index (χ2v) is 4.74. The number of hydrogen-bond donors (Lipinski definition) is 2. The third-order valence-corrected chi connectivity index (χ3v) is 3.07. The van der Waals surface area contributed by atoms with Gasteiger partial charge in [-0.25, -0.2) is 4.79 Å². The van der Waals surface area contributed by atoms with Gasteiger partial charge in [0.15, 0.2) is 4.98 Å². The van der Waals surface area contributed by atoms with Gasteiger partial charge in [0, 0.05) is 0 Å². The number of rotatable bonds is 1. The molecule has 0 aliphatic heterocycles. The van der Waals surface area contributed by atoms with Crippen LogP contribution in [-0.4, -0.2) is 18.1 Å². The fourth-order valence-corrected chi connectivity index (χ4v) is 1.91. The molecule has 0 atom stereocenters. The minimum Gasteiger partial charge on any atom is -0.501 e. The van der Waals surface area contributed by atoms with E-state index in [0.29, 0.717) is 0 Å². The van der Waals surface area contributed by atoms with Crippen molar-refractivity contribution in [2.75, 3.05) is 0 Å². The molecule has 18 heavy (non-hydrogen) atoms.